The Labute approximate surface area is 119 Å². The second kappa shape index (κ2) is 7.53. The number of carbonyl (C=O) groups is 2. The smallest absolute Gasteiger partial charge is 0.326 e. The van der Waals surface area contributed by atoms with E-state index in [9.17, 15) is 9.59 Å². The van der Waals surface area contributed by atoms with E-state index in [1.54, 1.807) is 7.11 Å². The molecular weight excluding hydrogens is 258 g/mol. The number of amides is 1. The Kier molecular flexibility index (Phi) is 6.03. The number of carboxylic acids is 1. The minimum absolute atomic E-state index is 0.145. The van der Waals surface area contributed by atoms with Crippen molar-refractivity contribution < 1.29 is 19.4 Å². The van der Waals surface area contributed by atoms with Gasteiger partial charge in [-0.1, -0.05) is 12.1 Å². The lowest BCUT2D eigenvalue weighted by Crippen LogP contribution is -2.40. The average Bonchev–Trinajstić information content (AvgIpc) is 2.46. The molecule has 0 saturated heterocycles. The standard InChI is InChI=1S/C15H21NO4/c1-11(15(18)19)16(2)14(17)6-4-5-12-7-9-13(20-3)10-8-12/h7-11H,4-6H2,1-3H3,(H,18,19). The zero-order valence-electron chi connectivity index (χ0n) is 12.1. The first kappa shape index (κ1) is 16.0. The van der Waals surface area contributed by atoms with E-state index in [1.165, 1.54) is 18.9 Å². The van der Waals surface area contributed by atoms with E-state index in [2.05, 4.69) is 0 Å². The van der Waals surface area contributed by atoms with E-state index in [1.807, 2.05) is 24.3 Å². The minimum Gasteiger partial charge on any atom is -0.497 e. The van der Waals surface area contributed by atoms with Crippen LogP contribution in [0.25, 0.3) is 0 Å². The first-order valence-electron chi connectivity index (χ1n) is 6.57. The Bertz CT molecular complexity index is 455. The van der Waals surface area contributed by atoms with Gasteiger partial charge in [-0.05, 0) is 37.5 Å². The van der Waals surface area contributed by atoms with Crippen LogP contribution in [0.3, 0.4) is 0 Å². The summed E-state index contributed by atoms with van der Waals surface area (Å²) in [5.74, 6) is -0.329. The number of benzene rings is 1. The highest BCUT2D eigenvalue weighted by molar-refractivity contribution is 5.83. The van der Waals surface area contributed by atoms with Crippen LogP contribution >= 0.6 is 0 Å². The molecule has 1 atom stereocenters. The summed E-state index contributed by atoms with van der Waals surface area (Å²) in [6.07, 6.45) is 1.83. The Morgan fingerprint density at radius 1 is 1.30 bits per heavy atom. The van der Waals surface area contributed by atoms with Gasteiger partial charge in [0, 0.05) is 13.5 Å². The fraction of sp³-hybridized carbons (Fsp3) is 0.467. The number of nitrogens with zero attached hydrogens (tertiary/aromatic N) is 1. The molecule has 1 aromatic carbocycles. The summed E-state index contributed by atoms with van der Waals surface area (Å²) in [5.41, 5.74) is 1.13. The predicted octanol–water partition coefficient (Wildman–Crippen LogP) is 1.95. The number of methoxy groups -OCH3 is 1. The molecule has 20 heavy (non-hydrogen) atoms. The molecule has 1 unspecified atom stereocenters. The molecule has 0 aliphatic carbocycles. The first-order valence-corrected chi connectivity index (χ1v) is 6.57. The number of hydrogen-bond acceptors (Lipinski definition) is 3. The third-order valence-corrected chi connectivity index (χ3v) is 3.35. The van der Waals surface area contributed by atoms with Crippen LogP contribution in [0, 0.1) is 0 Å². The van der Waals surface area contributed by atoms with Crippen molar-refractivity contribution in [2.24, 2.45) is 0 Å². The fourth-order valence-corrected chi connectivity index (χ4v) is 1.79. The van der Waals surface area contributed by atoms with Gasteiger partial charge in [0.15, 0.2) is 0 Å². The van der Waals surface area contributed by atoms with Crippen LogP contribution in [0.2, 0.25) is 0 Å². The molecule has 0 bridgehead atoms. The molecule has 0 heterocycles. The van der Waals surface area contributed by atoms with Gasteiger partial charge in [-0.15, -0.1) is 0 Å². The summed E-state index contributed by atoms with van der Waals surface area (Å²) >= 11 is 0. The Morgan fingerprint density at radius 2 is 1.90 bits per heavy atom. The van der Waals surface area contributed by atoms with Gasteiger partial charge in [0.05, 0.1) is 7.11 Å². The maximum Gasteiger partial charge on any atom is 0.326 e. The van der Waals surface area contributed by atoms with Gasteiger partial charge in [0.2, 0.25) is 5.91 Å². The van der Waals surface area contributed by atoms with E-state index in [-0.39, 0.29) is 5.91 Å². The molecule has 0 aliphatic rings. The van der Waals surface area contributed by atoms with Crippen LogP contribution in [0.5, 0.6) is 5.75 Å². The molecule has 1 amide bonds. The quantitative estimate of drug-likeness (QED) is 0.828. The van der Waals surface area contributed by atoms with Crippen LogP contribution in [0.15, 0.2) is 24.3 Å². The molecule has 1 N–H and O–H groups in total. The second-order valence-electron chi connectivity index (χ2n) is 4.72. The number of rotatable bonds is 7. The highest BCUT2D eigenvalue weighted by Crippen LogP contribution is 2.13. The third-order valence-electron chi connectivity index (χ3n) is 3.35. The molecule has 0 spiro atoms. The summed E-state index contributed by atoms with van der Waals surface area (Å²) in [7, 11) is 3.14. The van der Waals surface area contributed by atoms with Crippen molar-refractivity contribution in [2.75, 3.05) is 14.2 Å². The summed E-state index contributed by atoms with van der Waals surface area (Å²) in [6, 6.07) is 6.91. The molecule has 1 aromatic rings. The Morgan fingerprint density at radius 3 is 2.40 bits per heavy atom. The molecule has 0 fully saturated rings. The van der Waals surface area contributed by atoms with Crippen LogP contribution in [0.4, 0.5) is 0 Å². The van der Waals surface area contributed by atoms with E-state index in [0.29, 0.717) is 12.8 Å². The fourth-order valence-electron chi connectivity index (χ4n) is 1.79. The molecule has 110 valence electrons. The topological polar surface area (TPSA) is 66.8 Å². The van der Waals surface area contributed by atoms with Gasteiger partial charge < -0.3 is 14.7 Å². The van der Waals surface area contributed by atoms with Gasteiger partial charge >= 0.3 is 5.97 Å². The van der Waals surface area contributed by atoms with Crippen molar-refractivity contribution in [1.29, 1.82) is 0 Å². The van der Waals surface area contributed by atoms with Crippen LogP contribution in [-0.4, -0.2) is 42.1 Å². The normalized spacial score (nSPS) is 11.8. The Balaban J connectivity index is 2.39. The van der Waals surface area contributed by atoms with Gasteiger partial charge in [0.1, 0.15) is 11.8 Å². The molecule has 5 nitrogen and oxygen atoms in total. The van der Waals surface area contributed by atoms with Gasteiger partial charge in [-0.2, -0.15) is 0 Å². The van der Waals surface area contributed by atoms with E-state index >= 15 is 0 Å². The largest absolute Gasteiger partial charge is 0.497 e. The summed E-state index contributed by atoms with van der Waals surface area (Å²) in [6.45, 7) is 1.50. The van der Waals surface area contributed by atoms with Gasteiger partial charge in [-0.25, -0.2) is 4.79 Å². The predicted molar refractivity (Wildman–Crippen MR) is 75.8 cm³/mol. The minimum atomic E-state index is -0.990. The van der Waals surface area contributed by atoms with Gasteiger partial charge in [-0.3, -0.25) is 4.79 Å². The first-order chi connectivity index (χ1) is 9.45. The van der Waals surface area contributed by atoms with Crippen LogP contribution in [0.1, 0.15) is 25.3 Å². The number of likely N-dealkylation sites (N-methyl/N-ethyl adjacent to an activating group) is 1. The number of carbonyl (C=O) groups excluding carboxylic acids is 1. The molecule has 1 rings (SSSR count). The SMILES string of the molecule is COc1ccc(CCCC(=O)N(C)C(C)C(=O)O)cc1. The third kappa shape index (κ3) is 4.57. The highest BCUT2D eigenvalue weighted by Gasteiger charge is 2.20. The number of ether oxygens (including phenoxy) is 1. The van der Waals surface area contributed by atoms with Crippen molar-refractivity contribution in [1.82, 2.24) is 4.90 Å². The lowest BCUT2D eigenvalue weighted by molar-refractivity contribution is -0.148. The lowest BCUT2D eigenvalue weighted by Gasteiger charge is -2.21. The molecule has 0 aromatic heterocycles. The molecule has 0 saturated carbocycles. The van der Waals surface area contributed by atoms with Gasteiger partial charge in [0.25, 0.3) is 0 Å². The lowest BCUT2D eigenvalue weighted by atomic mass is 10.1. The second-order valence-corrected chi connectivity index (χ2v) is 4.72. The molecule has 5 heteroatoms. The van der Waals surface area contributed by atoms with Crippen LogP contribution < -0.4 is 4.74 Å². The van der Waals surface area contributed by atoms with E-state index in [0.717, 1.165) is 17.7 Å². The zero-order chi connectivity index (χ0) is 15.1. The summed E-state index contributed by atoms with van der Waals surface area (Å²) in [5, 5.41) is 8.85. The van der Waals surface area contributed by atoms with Crippen LogP contribution in [-0.2, 0) is 16.0 Å². The molecule has 0 radical (unpaired) electrons. The maximum atomic E-state index is 11.8. The highest BCUT2D eigenvalue weighted by atomic mass is 16.5. The van der Waals surface area contributed by atoms with E-state index < -0.39 is 12.0 Å². The summed E-state index contributed by atoms with van der Waals surface area (Å²) < 4.78 is 5.08. The molecular formula is C15H21NO4. The maximum absolute atomic E-state index is 11.8. The number of carboxylic acid groups (broad SMARTS) is 1. The zero-order valence-corrected chi connectivity index (χ0v) is 12.1. The monoisotopic (exact) mass is 279 g/mol. The number of hydrogen-bond donors (Lipinski definition) is 1. The Hall–Kier alpha value is -2.04. The average molecular weight is 279 g/mol. The van der Waals surface area contributed by atoms with E-state index in [4.69, 9.17) is 9.84 Å². The number of aryl methyl sites for hydroxylation is 1. The summed E-state index contributed by atoms with van der Waals surface area (Å²) in [4.78, 5) is 23.9. The van der Waals surface area contributed by atoms with Crippen molar-refractivity contribution >= 4 is 11.9 Å². The molecule has 0 aliphatic heterocycles. The van der Waals surface area contributed by atoms with Crippen molar-refractivity contribution in [2.45, 2.75) is 32.2 Å². The van der Waals surface area contributed by atoms with Crippen molar-refractivity contribution in [3.63, 3.8) is 0 Å². The van der Waals surface area contributed by atoms with Crippen molar-refractivity contribution in [3.05, 3.63) is 29.8 Å². The van der Waals surface area contributed by atoms with Crippen molar-refractivity contribution in [3.8, 4) is 5.75 Å². The number of aliphatic carboxylic acids is 1.